The number of hydrogen-bond acceptors (Lipinski definition) is 6. The summed E-state index contributed by atoms with van der Waals surface area (Å²) in [5.74, 6) is 1.02. The molecular formula is C19H22N2O4S. The minimum absolute atomic E-state index is 0.179. The molecule has 26 heavy (non-hydrogen) atoms. The highest BCUT2D eigenvalue weighted by molar-refractivity contribution is 7.99. The number of ether oxygens (including phenoxy) is 1. The second-order valence-electron chi connectivity index (χ2n) is 6.23. The highest BCUT2D eigenvalue weighted by Gasteiger charge is 2.23. The number of carbonyl (C=O) groups is 2. The zero-order chi connectivity index (χ0) is 18.5. The van der Waals surface area contributed by atoms with E-state index in [1.165, 1.54) is 11.8 Å². The monoisotopic (exact) mass is 374 g/mol. The molecule has 1 aliphatic heterocycles. The molecular weight excluding hydrogens is 352 g/mol. The molecule has 0 bridgehead atoms. The Kier molecular flexibility index (Phi) is 5.98. The molecule has 0 spiro atoms. The third-order valence-electron chi connectivity index (χ3n) is 4.42. The normalized spacial score (nSPS) is 13.4. The summed E-state index contributed by atoms with van der Waals surface area (Å²) in [6.07, 6.45) is 1.89. The van der Waals surface area contributed by atoms with Gasteiger partial charge in [0.1, 0.15) is 5.76 Å². The van der Waals surface area contributed by atoms with Gasteiger partial charge in [-0.05, 0) is 38.3 Å². The quantitative estimate of drug-likeness (QED) is 0.724. The van der Waals surface area contributed by atoms with E-state index in [0.29, 0.717) is 12.3 Å². The zero-order valence-corrected chi connectivity index (χ0v) is 15.8. The Balaban J connectivity index is 1.45. The molecule has 1 aromatic heterocycles. The minimum atomic E-state index is -0.389. The van der Waals surface area contributed by atoms with E-state index in [9.17, 15) is 9.59 Å². The molecule has 0 atom stereocenters. The Morgan fingerprint density at radius 1 is 1.31 bits per heavy atom. The Bertz CT molecular complexity index is 783. The van der Waals surface area contributed by atoms with Crippen molar-refractivity contribution < 1.29 is 18.8 Å². The molecule has 0 N–H and O–H groups in total. The van der Waals surface area contributed by atoms with E-state index < -0.39 is 0 Å². The molecule has 1 amide bonds. The molecule has 1 aliphatic rings. The molecule has 0 unspecified atom stereocenters. The van der Waals surface area contributed by atoms with Crippen LogP contribution in [-0.4, -0.2) is 35.9 Å². The van der Waals surface area contributed by atoms with Gasteiger partial charge >= 0.3 is 5.97 Å². The van der Waals surface area contributed by atoms with Crippen LogP contribution < -0.4 is 4.90 Å². The van der Waals surface area contributed by atoms with E-state index in [0.717, 1.165) is 41.1 Å². The lowest BCUT2D eigenvalue weighted by Gasteiger charge is -2.29. The molecule has 7 heteroatoms. The highest BCUT2D eigenvalue weighted by atomic mass is 32.2. The van der Waals surface area contributed by atoms with Gasteiger partial charge in [0.25, 0.3) is 5.91 Å². The summed E-state index contributed by atoms with van der Waals surface area (Å²) in [7, 11) is 0. The van der Waals surface area contributed by atoms with Crippen LogP contribution in [0, 0.1) is 13.8 Å². The Morgan fingerprint density at radius 3 is 2.88 bits per heavy atom. The number of esters is 1. The van der Waals surface area contributed by atoms with E-state index in [-0.39, 0.29) is 24.2 Å². The largest absolute Gasteiger partial charge is 0.455 e. The van der Waals surface area contributed by atoms with Crippen LogP contribution in [0.5, 0.6) is 0 Å². The van der Waals surface area contributed by atoms with Crippen molar-refractivity contribution >= 4 is 29.3 Å². The van der Waals surface area contributed by atoms with Gasteiger partial charge in [0, 0.05) is 23.5 Å². The van der Waals surface area contributed by atoms with E-state index >= 15 is 0 Å². The van der Waals surface area contributed by atoms with Crippen molar-refractivity contribution in [2.45, 2.75) is 32.4 Å². The number of aromatic nitrogens is 1. The second-order valence-corrected chi connectivity index (χ2v) is 7.22. The number of amides is 1. The first-order valence-corrected chi connectivity index (χ1v) is 9.75. The van der Waals surface area contributed by atoms with Crippen LogP contribution in [-0.2, 0) is 26.5 Å². The number of hydrogen-bond donors (Lipinski definition) is 0. The van der Waals surface area contributed by atoms with Gasteiger partial charge in [0.05, 0.1) is 11.4 Å². The zero-order valence-electron chi connectivity index (χ0n) is 15.0. The molecule has 2 heterocycles. The molecule has 0 radical (unpaired) electrons. The lowest BCUT2D eigenvalue weighted by atomic mass is 10.0. The maximum absolute atomic E-state index is 12.4. The summed E-state index contributed by atoms with van der Waals surface area (Å²) in [5, 5.41) is 3.89. The van der Waals surface area contributed by atoms with E-state index in [1.54, 1.807) is 4.90 Å². The number of carbonyl (C=O) groups excluding carboxylic acids is 2. The molecule has 0 fully saturated rings. The van der Waals surface area contributed by atoms with E-state index in [1.807, 2.05) is 38.1 Å². The number of nitrogens with zero attached hydrogens (tertiary/aromatic N) is 2. The third-order valence-corrected chi connectivity index (χ3v) is 5.35. The predicted octanol–water partition coefficient (Wildman–Crippen LogP) is 3.05. The van der Waals surface area contributed by atoms with Gasteiger partial charge in [0.15, 0.2) is 6.61 Å². The summed E-state index contributed by atoms with van der Waals surface area (Å²) < 4.78 is 10.3. The SMILES string of the molecule is Cc1noc(C)c1CSCC(=O)OCC(=O)N1CCCc2ccccc21. The standard InChI is InChI=1S/C19H22N2O4S/c1-13-16(14(2)25-20-13)11-26-12-19(23)24-10-18(22)21-9-5-7-15-6-3-4-8-17(15)21/h3-4,6,8H,5,7,9-12H2,1-2H3. The predicted molar refractivity (Wildman–Crippen MR) is 100 cm³/mol. The van der Waals surface area contributed by atoms with Gasteiger partial charge in [-0.3, -0.25) is 9.59 Å². The first-order valence-electron chi connectivity index (χ1n) is 8.59. The Morgan fingerprint density at radius 2 is 2.12 bits per heavy atom. The van der Waals surface area contributed by atoms with E-state index in [2.05, 4.69) is 5.16 Å². The summed E-state index contributed by atoms with van der Waals surface area (Å²) in [4.78, 5) is 26.1. The molecule has 6 nitrogen and oxygen atoms in total. The molecule has 3 rings (SSSR count). The van der Waals surface area contributed by atoms with Gasteiger partial charge in [-0.1, -0.05) is 23.4 Å². The fraction of sp³-hybridized carbons (Fsp3) is 0.421. The first-order chi connectivity index (χ1) is 12.6. The van der Waals surface area contributed by atoms with Crippen molar-refractivity contribution in [2.75, 3.05) is 23.8 Å². The number of aryl methyl sites for hydroxylation is 3. The molecule has 2 aromatic rings. The van der Waals surface area contributed by atoms with Gasteiger partial charge in [0.2, 0.25) is 0 Å². The fourth-order valence-electron chi connectivity index (χ4n) is 3.00. The summed E-state index contributed by atoms with van der Waals surface area (Å²) >= 11 is 1.42. The van der Waals surface area contributed by atoms with Crippen molar-refractivity contribution in [1.82, 2.24) is 5.16 Å². The van der Waals surface area contributed by atoms with Gasteiger partial charge in [-0.2, -0.15) is 0 Å². The summed E-state index contributed by atoms with van der Waals surface area (Å²) in [6.45, 7) is 4.16. The smallest absolute Gasteiger partial charge is 0.316 e. The summed E-state index contributed by atoms with van der Waals surface area (Å²) in [6, 6.07) is 7.87. The molecule has 0 saturated heterocycles. The Hall–Kier alpha value is -2.28. The lowest BCUT2D eigenvalue weighted by molar-refractivity contribution is -0.145. The number of para-hydroxylation sites is 1. The molecule has 138 valence electrons. The van der Waals surface area contributed by atoms with Crippen molar-refractivity contribution in [3.8, 4) is 0 Å². The first kappa shape index (κ1) is 18.5. The number of benzene rings is 1. The van der Waals surface area contributed by atoms with Gasteiger partial charge < -0.3 is 14.2 Å². The minimum Gasteiger partial charge on any atom is -0.455 e. The van der Waals surface area contributed by atoms with Gasteiger partial charge in [-0.25, -0.2) is 0 Å². The topological polar surface area (TPSA) is 72.6 Å². The van der Waals surface area contributed by atoms with Crippen LogP contribution in [0.3, 0.4) is 0 Å². The maximum atomic E-state index is 12.4. The molecule has 1 aromatic carbocycles. The average molecular weight is 374 g/mol. The Labute approximate surface area is 156 Å². The maximum Gasteiger partial charge on any atom is 0.316 e. The number of rotatable bonds is 6. The molecule has 0 saturated carbocycles. The van der Waals surface area contributed by atoms with Crippen LogP contribution >= 0.6 is 11.8 Å². The lowest BCUT2D eigenvalue weighted by Crippen LogP contribution is -2.38. The van der Waals surface area contributed by atoms with E-state index in [4.69, 9.17) is 9.26 Å². The fourth-order valence-corrected chi connectivity index (χ4v) is 3.97. The molecule has 0 aliphatic carbocycles. The van der Waals surface area contributed by atoms with Gasteiger partial charge in [-0.15, -0.1) is 11.8 Å². The number of thioether (sulfide) groups is 1. The van der Waals surface area contributed by atoms with Crippen LogP contribution in [0.1, 0.15) is 29.0 Å². The van der Waals surface area contributed by atoms with Crippen molar-refractivity contribution in [2.24, 2.45) is 0 Å². The van der Waals surface area contributed by atoms with Crippen LogP contribution in [0.2, 0.25) is 0 Å². The van der Waals surface area contributed by atoms with Crippen molar-refractivity contribution in [1.29, 1.82) is 0 Å². The number of anilines is 1. The van der Waals surface area contributed by atoms with Crippen LogP contribution in [0.15, 0.2) is 28.8 Å². The van der Waals surface area contributed by atoms with Crippen molar-refractivity contribution in [3.63, 3.8) is 0 Å². The number of fused-ring (bicyclic) bond motifs is 1. The average Bonchev–Trinajstić information content (AvgIpc) is 2.97. The third kappa shape index (κ3) is 4.27. The second kappa shape index (κ2) is 8.40. The summed E-state index contributed by atoms with van der Waals surface area (Å²) in [5.41, 5.74) is 3.92. The van der Waals surface area contributed by atoms with Crippen molar-refractivity contribution in [3.05, 3.63) is 46.8 Å². The highest BCUT2D eigenvalue weighted by Crippen LogP contribution is 2.26. The van der Waals surface area contributed by atoms with Crippen LogP contribution in [0.25, 0.3) is 0 Å². The van der Waals surface area contributed by atoms with Crippen LogP contribution in [0.4, 0.5) is 5.69 Å².